The van der Waals surface area contributed by atoms with Crippen molar-refractivity contribution in [1.29, 1.82) is 0 Å². The number of rotatable bonds is 3. The third-order valence-corrected chi connectivity index (χ3v) is 4.24. The molecule has 0 N–H and O–H groups in total. The number of hydrogen-bond acceptors (Lipinski definition) is 2. The van der Waals surface area contributed by atoms with Gasteiger partial charge in [0.05, 0.1) is 12.6 Å². The number of benzene rings is 1. The third kappa shape index (κ3) is 1.65. The molecule has 4 rings (SSSR count). The first-order valence-corrected chi connectivity index (χ1v) is 6.86. The van der Waals surface area contributed by atoms with Gasteiger partial charge in [-0.3, -0.25) is 4.79 Å². The van der Waals surface area contributed by atoms with Gasteiger partial charge in [-0.05, 0) is 36.8 Å². The summed E-state index contributed by atoms with van der Waals surface area (Å²) >= 11 is 0. The Labute approximate surface area is 107 Å². The van der Waals surface area contributed by atoms with Gasteiger partial charge < -0.3 is 9.64 Å². The molecule has 94 valence electrons. The van der Waals surface area contributed by atoms with Gasteiger partial charge in [-0.2, -0.15) is 0 Å². The molecule has 1 heterocycles. The molecule has 1 saturated heterocycles. The van der Waals surface area contributed by atoms with E-state index in [1.54, 1.807) is 0 Å². The maximum Gasteiger partial charge on any atom is 0.254 e. The number of nitrogens with zero attached hydrogens (tertiary/aromatic N) is 1. The summed E-state index contributed by atoms with van der Waals surface area (Å²) in [6.45, 7) is 0.621. The van der Waals surface area contributed by atoms with Gasteiger partial charge in [-0.25, -0.2) is 0 Å². The van der Waals surface area contributed by atoms with Crippen LogP contribution in [0.2, 0.25) is 0 Å². The zero-order chi connectivity index (χ0) is 12.1. The second-order valence-corrected chi connectivity index (χ2v) is 5.55. The fourth-order valence-electron chi connectivity index (χ4n) is 3.12. The number of epoxide rings is 1. The molecular formula is C15H17NO2. The molecular weight excluding hydrogens is 226 g/mol. The van der Waals surface area contributed by atoms with Crippen molar-refractivity contribution in [2.75, 3.05) is 6.61 Å². The molecule has 18 heavy (non-hydrogen) atoms. The van der Waals surface area contributed by atoms with Crippen molar-refractivity contribution in [3.8, 4) is 0 Å². The third-order valence-electron chi connectivity index (χ3n) is 4.24. The lowest BCUT2D eigenvalue weighted by atomic mass is 10.1. The zero-order valence-corrected chi connectivity index (χ0v) is 10.3. The molecule has 0 radical (unpaired) electrons. The van der Waals surface area contributed by atoms with Crippen LogP contribution in [0.5, 0.6) is 0 Å². The maximum atomic E-state index is 12.4. The van der Waals surface area contributed by atoms with Gasteiger partial charge in [0.15, 0.2) is 6.10 Å². The molecule has 1 aliphatic heterocycles. The lowest BCUT2D eigenvalue weighted by Crippen LogP contribution is -2.38. The molecule has 3 nitrogen and oxygen atoms in total. The van der Waals surface area contributed by atoms with Gasteiger partial charge >= 0.3 is 0 Å². The number of carbonyl (C=O) groups excluding carboxylic acids is 1. The molecule has 1 aromatic carbocycles. The van der Waals surface area contributed by atoms with Crippen LogP contribution in [0, 0.1) is 0 Å². The molecule has 2 unspecified atom stereocenters. The summed E-state index contributed by atoms with van der Waals surface area (Å²) in [4.78, 5) is 14.5. The molecule has 2 fully saturated rings. The molecule has 0 aromatic heterocycles. The first-order chi connectivity index (χ1) is 8.84. The lowest BCUT2D eigenvalue weighted by molar-refractivity contribution is -0.135. The van der Waals surface area contributed by atoms with Crippen LogP contribution >= 0.6 is 0 Å². The van der Waals surface area contributed by atoms with Crippen LogP contribution in [-0.4, -0.2) is 29.6 Å². The lowest BCUT2D eigenvalue weighted by Gasteiger charge is -2.29. The van der Waals surface area contributed by atoms with Crippen LogP contribution in [0.4, 0.5) is 0 Å². The number of fused-ring (bicyclic) bond motifs is 1. The zero-order valence-electron chi connectivity index (χ0n) is 10.3. The molecule has 3 aliphatic rings. The van der Waals surface area contributed by atoms with Crippen molar-refractivity contribution in [2.45, 2.75) is 43.9 Å². The second-order valence-electron chi connectivity index (χ2n) is 5.55. The van der Waals surface area contributed by atoms with Gasteiger partial charge in [0, 0.05) is 6.04 Å². The van der Waals surface area contributed by atoms with Gasteiger partial charge in [0.2, 0.25) is 0 Å². The van der Waals surface area contributed by atoms with E-state index in [1.165, 1.54) is 11.1 Å². The van der Waals surface area contributed by atoms with Gasteiger partial charge in [-0.1, -0.05) is 24.3 Å². The highest BCUT2D eigenvalue weighted by molar-refractivity contribution is 5.84. The first-order valence-electron chi connectivity index (χ1n) is 6.86. The Bertz CT molecular complexity index is 491. The molecule has 2 atom stereocenters. The fourth-order valence-corrected chi connectivity index (χ4v) is 3.12. The average molecular weight is 243 g/mol. The first kappa shape index (κ1) is 10.6. The van der Waals surface area contributed by atoms with Crippen LogP contribution in [0.3, 0.4) is 0 Å². The van der Waals surface area contributed by atoms with Crippen molar-refractivity contribution < 1.29 is 9.53 Å². The molecule has 1 saturated carbocycles. The van der Waals surface area contributed by atoms with Gasteiger partial charge in [0.1, 0.15) is 0 Å². The Balaban J connectivity index is 1.66. The molecule has 0 spiro atoms. The quantitative estimate of drug-likeness (QED) is 0.761. The average Bonchev–Trinajstić information content (AvgIpc) is 3.28. The van der Waals surface area contributed by atoms with E-state index in [0.29, 0.717) is 18.7 Å². The van der Waals surface area contributed by atoms with Crippen molar-refractivity contribution >= 4 is 5.91 Å². The number of aryl methyl sites for hydroxylation is 1. The van der Waals surface area contributed by atoms with Crippen molar-refractivity contribution in [1.82, 2.24) is 4.90 Å². The van der Waals surface area contributed by atoms with E-state index in [9.17, 15) is 4.79 Å². The summed E-state index contributed by atoms with van der Waals surface area (Å²) in [5, 5.41) is 0. The molecule has 0 bridgehead atoms. The largest absolute Gasteiger partial charge is 0.363 e. The van der Waals surface area contributed by atoms with Crippen LogP contribution in [-0.2, 0) is 16.0 Å². The number of ether oxygens (including phenoxy) is 1. The van der Waals surface area contributed by atoms with Gasteiger partial charge in [-0.15, -0.1) is 0 Å². The Morgan fingerprint density at radius 2 is 2.00 bits per heavy atom. The SMILES string of the molecule is O=C(C1CO1)N(C1CC1)C1CCc2ccccc21. The predicted octanol–water partition coefficient (Wildman–Crippen LogP) is 2.06. The predicted molar refractivity (Wildman–Crippen MR) is 67.1 cm³/mol. The summed E-state index contributed by atoms with van der Waals surface area (Å²) in [6.07, 6.45) is 4.36. The topological polar surface area (TPSA) is 32.8 Å². The minimum Gasteiger partial charge on any atom is -0.363 e. The molecule has 3 heteroatoms. The van der Waals surface area contributed by atoms with E-state index >= 15 is 0 Å². The molecule has 1 amide bonds. The van der Waals surface area contributed by atoms with E-state index in [2.05, 4.69) is 29.2 Å². The summed E-state index contributed by atoms with van der Waals surface area (Å²) in [7, 11) is 0. The highest BCUT2D eigenvalue weighted by Gasteiger charge is 2.45. The van der Waals surface area contributed by atoms with Crippen molar-refractivity contribution in [3.63, 3.8) is 0 Å². The monoisotopic (exact) mass is 243 g/mol. The van der Waals surface area contributed by atoms with Crippen molar-refractivity contribution in [3.05, 3.63) is 35.4 Å². The minimum atomic E-state index is -0.140. The Morgan fingerprint density at radius 1 is 1.22 bits per heavy atom. The van der Waals surface area contributed by atoms with Crippen LogP contribution in [0.1, 0.15) is 36.4 Å². The van der Waals surface area contributed by atoms with Crippen LogP contribution < -0.4 is 0 Å². The standard InChI is InChI=1S/C15H17NO2/c17-15(14-9-18-14)16(11-6-7-11)13-8-5-10-3-1-2-4-12(10)13/h1-4,11,13-14H,5-9H2. The van der Waals surface area contributed by atoms with E-state index in [1.807, 2.05) is 0 Å². The van der Waals surface area contributed by atoms with E-state index in [0.717, 1.165) is 25.7 Å². The van der Waals surface area contributed by atoms with E-state index in [-0.39, 0.29) is 12.0 Å². The van der Waals surface area contributed by atoms with E-state index < -0.39 is 0 Å². The summed E-state index contributed by atoms with van der Waals surface area (Å²) in [5.41, 5.74) is 2.77. The number of amides is 1. The van der Waals surface area contributed by atoms with Crippen LogP contribution in [0.15, 0.2) is 24.3 Å². The van der Waals surface area contributed by atoms with Gasteiger partial charge in [0.25, 0.3) is 5.91 Å². The summed E-state index contributed by atoms with van der Waals surface area (Å²) in [5.74, 6) is 0.221. The van der Waals surface area contributed by atoms with Crippen molar-refractivity contribution in [2.24, 2.45) is 0 Å². The Kier molecular flexibility index (Phi) is 2.24. The Hall–Kier alpha value is -1.35. The molecule has 1 aromatic rings. The minimum absolute atomic E-state index is 0.140. The summed E-state index contributed by atoms with van der Waals surface area (Å²) < 4.78 is 5.19. The Morgan fingerprint density at radius 3 is 2.72 bits per heavy atom. The normalized spacial score (nSPS) is 28.9. The number of carbonyl (C=O) groups is 1. The highest BCUT2D eigenvalue weighted by Crippen LogP contribution is 2.42. The highest BCUT2D eigenvalue weighted by atomic mass is 16.6. The summed E-state index contributed by atoms with van der Waals surface area (Å²) in [6, 6.07) is 9.32. The second kappa shape index (κ2) is 3.82. The smallest absolute Gasteiger partial charge is 0.254 e. The fraction of sp³-hybridized carbons (Fsp3) is 0.533. The maximum absolute atomic E-state index is 12.4. The molecule has 2 aliphatic carbocycles. The van der Waals surface area contributed by atoms with E-state index in [4.69, 9.17) is 4.74 Å². The van der Waals surface area contributed by atoms with Crippen LogP contribution in [0.25, 0.3) is 0 Å². The number of hydrogen-bond donors (Lipinski definition) is 0.